The topological polar surface area (TPSA) is 39.1 Å². The lowest BCUT2D eigenvalue weighted by molar-refractivity contribution is 0.415. The summed E-state index contributed by atoms with van der Waals surface area (Å²) in [6.07, 6.45) is 2.88. The number of nitrogens with one attached hydrogen (secondary N) is 1. The van der Waals surface area contributed by atoms with Gasteiger partial charge in [0.1, 0.15) is 5.75 Å². The number of hydrogen-bond donors (Lipinski definition) is 1. The molecule has 0 amide bonds. The molecule has 2 aromatic rings. The van der Waals surface area contributed by atoms with E-state index in [4.69, 9.17) is 4.74 Å². The maximum atomic E-state index is 5.24. The van der Waals surface area contributed by atoms with Gasteiger partial charge < -0.3 is 10.1 Å². The van der Waals surface area contributed by atoms with Crippen LogP contribution in [-0.4, -0.2) is 23.4 Å². The highest BCUT2D eigenvalue weighted by atomic mass is 32.1. The Bertz CT molecular complexity index is 492. The van der Waals surface area contributed by atoms with Crippen LogP contribution in [0.2, 0.25) is 0 Å². The molecule has 2 heterocycles. The van der Waals surface area contributed by atoms with Gasteiger partial charge in [-0.15, -0.1) is 11.3 Å². The van der Waals surface area contributed by atoms with E-state index in [1.807, 2.05) is 23.3 Å². The van der Waals surface area contributed by atoms with Crippen LogP contribution in [0.3, 0.4) is 0 Å². The Morgan fingerprint density at radius 3 is 2.94 bits per heavy atom. The molecule has 5 heteroatoms. The summed E-state index contributed by atoms with van der Waals surface area (Å²) in [4.78, 5) is 1.29. The van der Waals surface area contributed by atoms with Crippen LogP contribution >= 0.6 is 11.3 Å². The molecular formula is C13H19N3OS. The third kappa shape index (κ3) is 3.11. The van der Waals surface area contributed by atoms with Crippen molar-refractivity contribution in [1.29, 1.82) is 0 Å². The standard InChI is InChI=1S/C13H19N3OS/c1-4-14-12(7-10-5-6-16(2)15-10)13-8-11(17-3)9-18-13/h5-6,8-9,12,14H,4,7H2,1-3H3. The number of ether oxygens (including phenoxy) is 1. The quantitative estimate of drug-likeness (QED) is 0.871. The second-order valence-corrected chi connectivity index (χ2v) is 5.13. The highest BCUT2D eigenvalue weighted by Gasteiger charge is 2.15. The third-order valence-electron chi connectivity index (χ3n) is 2.81. The first-order valence-corrected chi connectivity index (χ1v) is 6.95. The average Bonchev–Trinajstić information content (AvgIpc) is 2.97. The number of likely N-dealkylation sites (N-methyl/N-ethyl adjacent to an activating group) is 1. The number of aryl methyl sites for hydroxylation is 1. The Hall–Kier alpha value is -1.33. The van der Waals surface area contributed by atoms with Crippen molar-refractivity contribution < 1.29 is 4.74 Å². The monoisotopic (exact) mass is 265 g/mol. The molecule has 2 aromatic heterocycles. The minimum Gasteiger partial charge on any atom is -0.496 e. The van der Waals surface area contributed by atoms with E-state index in [1.165, 1.54) is 4.88 Å². The number of nitrogens with zero attached hydrogens (tertiary/aromatic N) is 2. The van der Waals surface area contributed by atoms with Gasteiger partial charge in [0, 0.05) is 36.0 Å². The van der Waals surface area contributed by atoms with Gasteiger partial charge in [0.05, 0.1) is 12.8 Å². The predicted molar refractivity (Wildman–Crippen MR) is 74.2 cm³/mol. The highest BCUT2D eigenvalue weighted by molar-refractivity contribution is 7.10. The van der Waals surface area contributed by atoms with E-state index in [9.17, 15) is 0 Å². The van der Waals surface area contributed by atoms with Gasteiger partial charge in [-0.1, -0.05) is 6.92 Å². The van der Waals surface area contributed by atoms with Crippen LogP contribution in [0.4, 0.5) is 0 Å². The number of aromatic nitrogens is 2. The molecule has 0 radical (unpaired) electrons. The van der Waals surface area contributed by atoms with Crippen LogP contribution in [0.15, 0.2) is 23.7 Å². The maximum Gasteiger partial charge on any atom is 0.129 e. The second kappa shape index (κ2) is 6.02. The molecule has 98 valence electrons. The molecule has 18 heavy (non-hydrogen) atoms. The minimum absolute atomic E-state index is 0.304. The van der Waals surface area contributed by atoms with Crippen LogP contribution in [0.1, 0.15) is 23.5 Å². The number of thiophene rings is 1. The lowest BCUT2D eigenvalue weighted by atomic mass is 10.1. The summed E-state index contributed by atoms with van der Waals surface area (Å²) in [5, 5.41) is 9.97. The van der Waals surface area contributed by atoms with Gasteiger partial charge in [-0.2, -0.15) is 5.10 Å². The van der Waals surface area contributed by atoms with Gasteiger partial charge in [0.25, 0.3) is 0 Å². The fraction of sp³-hybridized carbons (Fsp3) is 0.462. The largest absolute Gasteiger partial charge is 0.496 e. The zero-order valence-electron chi connectivity index (χ0n) is 11.0. The van der Waals surface area contributed by atoms with Crippen molar-refractivity contribution in [3.8, 4) is 5.75 Å². The Morgan fingerprint density at radius 2 is 2.39 bits per heavy atom. The Balaban J connectivity index is 2.12. The molecule has 0 bridgehead atoms. The SMILES string of the molecule is CCNC(Cc1ccn(C)n1)c1cc(OC)cs1. The van der Waals surface area contributed by atoms with Crippen LogP contribution in [0, 0.1) is 0 Å². The lowest BCUT2D eigenvalue weighted by Crippen LogP contribution is -2.22. The van der Waals surface area contributed by atoms with Crippen LogP contribution < -0.4 is 10.1 Å². The van der Waals surface area contributed by atoms with Crippen molar-refractivity contribution in [1.82, 2.24) is 15.1 Å². The van der Waals surface area contributed by atoms with Crippen LogP contribution in [0.5, 0.6) is 5.75 Å². The molecule has 0 aliphatic heterocycles. The molecule has 1 atom stereocenters. The molecule has 0 aromatic carbocycles. The molecule has 0 aliphatic rings. The summed E-state index contributed by atoms with van der Waals surface area (Å²) in [7, 11) is 3.65. The fourth-order valence-electron chi connectivity index (χ4n) is 1.93. The van der Waals surface area contributed by atoms with Gasteiger partial charge in [-0.3, -0.25) is 4.68 Å². The van der Waals surface area contributed by atoms with E-state index in [0.717, 1.165) is 24.4 Å². The van der Waals surface area contributed by atoms with Gasteiger partial charge in [0.15, 0.2) is 0 Å². The average molecular weight is 265 g/mol. The van der Waals surface area contributed by atoms with Crippen molar-refractivity contribution in [2.24, 2.45) is 7.05 Å². The third-order valence-corrected chi connectivity index (χ3v) is 3.83. The molecule has 0 fully saturated rings. The fourth-order valence-corrected chi connectivity index (χ4v) is 2.86. The summed E-state index contributed by atoms with van der Waals surface area (Å²) in [5.74, 6) is 0.930. The first kappa shape index (κ1) is 13.1. The minimum atomic E-state index is 0.304. The number of rotatable bonds is 6. The van der Waals surface area contributed by atoms with E-state index in [1.54, 1.807) is 18.4 Å². The maximum absolute atomic E-state index is 5.24. The van der Waals surface area contributed by atoms with Crippen molar-refractivity contribution in [3.63, 3.8) is 0 Å². The van der Waals surface area contributed by atoms with Gasteiger partial charge in [-0.05, 0) is 18.7 Å². The molecule has 2 rings (SSSR count). The predicted octanol–water partition coefficient (Wildman–Crippen LogP) is 2.38. The molecule has 0 aliphatic carbocycles. The summed E-state index contributed by atoms with van der Waals surface area (Å²) in [6, 6.07) is 4.47. The first-order valence-electron chi connectivity index (χ1n) is 6.07. The highest BCUT2D eigenvalue weighted by Crippen LogP contribution is 2.28. The Morgan fingerprint density at radius 1 is 1.56 bits per heavy atom. The summed E-state index contributed by atoms with van der Waals surface area (Å²) in [6.45, 7) is 3.06. The number of hydrogen-bond acceptors (Lipinski definition) is 4. The van der Waals surface area contributed by atoms with Crippen molar-refractivity contribution >= 4 is 11.3 Å². The van der Waals surface area contributed by atoms with Gasteiger partial charge >= 0.3 is 0 Å². The van der Waals surface area contributed by atoms with E-state index in [0.29, 0.717) is 6.04 Å². The summed E-state index contributed by atoms with van der Waals surface area (Å²) in [5.41, 5.74) is 1.11. The molecule has 0 spiro atoms. The second-order valence-electron chi connectivity index (χ2n) is 4.18. The van der Waals surface area contributed by atoms with Crippen LogP contribution in [-0.2, 0) is 13.5 Å². The normalized spacial score (nSPS) is 12.6. The lowest BCUT2D eigenvalue weighted by Gasteiger charge is -2.14. The van der Waals surface area contributed by atoms with Crippen molar-refractivity contribution in [3.05, 3.63) is 34.3 Å². The van der Waals surface area contributed by atoms with E-state index >= 15 is 0 Å². The van der Waals surface area contributed by atoms with Crippen LogP contribution in [0.25, 0.3) is 0 Å². The molecule has 4 nitrogen and oxygen atoms in total. The van der Waals surface area contributed by atoms with E-state index in [2.05, 4.69) is 29.5 Å². The Kier molecular flexibility index (Phi) is 4.38. The van der Waals surface area contributed by atoms with E-state index in [-0.39, 0.29) is 0 Å². The van der Waals surface area contributed by atoms with Gasteiger partial charge in [0.2, 0.25) is 0 Å². The Labute approximate surface area is 112 Å². The number of methoxy groups -OCH3 is 1. The molecule has 0 saturated heterocycles. The van der Waals surface area contributed by atoms with E-state index < -0.39 is 0 Å². The molecule has 1 unspecified atom stereocenters. The molecule has 1 N–H and O–H groups in total. The summed E-state index contributed by atoms with van der Waals surface area (Å²) < 4.78 is 7.08. The summed E-state index contributed by atoms with van der Waals surface area (Å²) >= 11 is 1.73. The van der Waals surface area contributed by atoms with Gasteiger partial charge in [-0.25, -0.2) is 0 Å². The molecule has 0 saturated carbocycles. The first-order chi connectivity index (χ1) is 8.72. The van der Waals surface area contributed by atoms with Crippen molar-refractivity contribution in [2.45, 2.75) is 19.4 Å². The zero-order valence-corrected chi connectivity index (χ0v) is 11.8. The smallest absolute Gasteiger partial charge is 0.129 e. The molecular weight excluding hydrogens is 246 g/mol. The van der Waals surface area contributed by atoms with Crippen molar-refractivity contribution in [2.75, 3.05) is 13.7 Å². The zero-order chi connectivity index (χ0) is 13.0.